The van der Waals surface area contributed by atoms with Crippen LogP contribution in [0.15, 0.2) is 48.5 Å². The molecule has 0 amide bonds. The first-order chi connectivity index (χ1) is 10.6. The maximum absolute atomic E-state index is 5.91. The summed E-state index contributed by atoms with van der Waals surface area (Å²) < 4.78 is 5.91. The zero-order valence-electron chi connectivity index (χ0n) is 13.3. The van der Waals surface area contributed by atoms with Crippen LogP contribution in [0.25, 0.3) is 0 Å². The molecule has 1 heterocycles. The summed E-state index contributed by atoms with van der Waals surface area (Å²) in [6, 6.07) is 17.1. The molecule has 22 heavy (non-hydrogen) atoms. The van der Waals surface area contributed by atoms with Gasteiger partial charge in [-0.15, -0.1) is 0 Å². The Morgan fingerprint density at radius 1 is 1.18 bits per heavy atom. The van der Waals surface area contributed by atoms with E-state index in [2.05, 4.69) is 67.7 Å². The van der Waals surface area contributed by atoms with Crippen LogP contribution in [-0.2, 0) is 12.0 Å². The fourth-order valence-corrected chi connectivity index (χ4v) is 3.23. The monoisotopic (exact) mass is 296 g/mol. The standard InChI is InChI=1S/C19H24N2O/c1-19(2,15-6-4-3-5-7-15)18-16-12-14(13-20)8-9-17(16)22-11-10-21-18/h3-9,12,18,21H,10-11,13,20H2,1-2H3. The van der Waals surface area contributed by atoms with Gasteiger partial charge in [0.2, 0.25) is 0 Å². The van der Waals surface area contributed by atoms with Gasteiger partial charge >= 0.3 is 0 Å². The molecule has 116 valence electrons. The number of ether oxygens (including phenoxy) is 1. The van der Waals surface area contributed by atoms with Crippen LogP contribution < -0.4 is 15.8 Å². The maximum atomic E-state index is 5.91. The molecule has 0 saturated heterocycles. The van der Waals surface area contributed by atoms with Crippen LogP contribution in [0.4, 0.5) is 0 Å². The third-order valence-electron chi connectivity index (χ3n) is 4.57. The van der Waals surface area contributed by atoms with Crippen molar-refractivity contribution in [1.82, 2.24) is 5.32 Å². The molecule has 3 nitrogen and oxygen atoms in total. The largest absolute Gasteiger partial charge is 0.492 e. The van der Waals surface area contributed by atoms with E-state index in [0.29, 0.717) is 13.2 Å². The van der Waals surface area contributed by atoms with Crippen molar-refractivity contribution in [2.75, 3.05) is 13.2 Å². The normalized spacial score (nSPS) is 18.2. The van der Waals surface area contributed by atoms with Crippen molar-refractivity contribution in [3.63, 3.8) is 0 Å². The summed E-state index contributed by atoms with van der Waals surface area (Å²) >= 11 is 0. The topological polar surface area (TPSA) is 47.3 Å². The average Bonchev–Trinajstić information content (AvgIpc) is 2.77. The van der Waals surface area contributed by atoms with Crippen LogP contribution in [0, 0.1) is 0 Å². The second kappa shape index (κ2) is 6.11. The first-order valence-corrected chi connectivity index (χ1v) is 7.87. The number of benzene rings is 2. The Kier molecular flexibility index (Phi) is 4.19. The highest BCUT2D eigenvalue weighted by Gasteiger charge is 2.35. The van der Waals surface area contributed by atoms with E-state index in [-0.39, 0.29) is 11.5 Å². The van der Waals surface area contributed by atoms with Gasteiger partial charge in [-0.1, -0.05) is 50.2 Å². The molecule has 0 bridgehead atoms. The van der Waals surface area contributed by atoms with Gasteiger partial charge in [0.25, 0.3) is 0 Å². The van der Waals surface area contributed by atoms with Gasteiger partial charge in [0.1, 0.15) is 12.4 Å². The molecule has 3 heteroatoms. The van der Waals surface area contributed by atoms with Crippen molar-refractivity contribution in [1.29, 1.82) is 0 Å². The molecule has 3 N–H and O–H groups in total. The van der Waals surface area contributed by atoms with Crippen molar-refractivity contribution in [2.24, 2.45) is 5.73 Å². The quantitative estimate of drug-likeness (QED) is 0.914. The Bertz CT molecular complexity index is 637. The molecular weight excluding hydrogens is 272 g/mol. The summed E-state index contributed by atoms with van der Waals surface area (Å²) in [5, 5.41) is 3.66. The predicted octanol–water partition coefficient (Wildman–Crippen LogP) is 3.15. The molecule has 0 spiro atoms. The van der Waals surface area contributed by atoms with Crippen molar-refractivity contribution in [3.8, 4) is 5.75 Å². The first kappa shape index (κ1) is 15.1. The molecule has 0 aromatic heterocycles. The molecule has 0 saturated carbocycles. The molecule has 3 rings (SSSR count). The molecule has 0 aliphatic carbocycles. The second-order valence-corrected chi connectivity index (χ2v) is 6.40. The van der Waals surface area contributed by atoms with E-state index in [1.54, 1.807) is 0 Å². The smallest absolute Gasteiger partial charge is 0.124 e. The lowest BCUT2D eigenvalue weighted by atomic mass is 9.74. The van der Waals surface area contributed by atoms with Gasteiger partial charge < -0.3 is 15.8 Å². The van der Waals surface area contributed by atoms with Crippen LogP contribution in [0.5, 0.6) is 5.75 Å². The summed E-state index contributed by atoms with van der Waals surface area (Å²) in [6.45, 7) is 6.64. The lowest BCUT2D eigenvalue weighted by Crippen LogP contribution is -2.37. The van der Waals surface area contributed by atoms with Crippen LogP contribution in [-0.4, -0.2) is 13.2 Å². The molecule has 2 aromatic carbocycles. The van der Waals surface area contributed by atoms with Gasteiger partial charge in [0.15, 0.2) is 0 Å². The van der Waals surface area contributed by atoms with Gasteiger partial charge in [0, 0.05) is 30.1 Å². The van der Waals surface area contributed by atoms with Crippen molar-refractivity contribution in [3.05, 3.63) is 65.2 Å². The van der Waals surface area contributed by atoms with Crippen LogP contribution in [0.3, 0.4) is 0 Å². The van der Waals surface area contributed by atoms with Crippen LogP contribution in [0.2, 0.25) is 0 Å². The van der Waals surface area contributed by atoms with Crippen LogP contribution in [0.1, 0.15) is 36.6 Å². The number of rotatable bonds is 3. The van der Waals surface area contributed by atoms with E-state index in [1.807, 2.05) is 0 Å². The summed E-state index contributed by atoms with van der Waals surface area (Å²) in [5.41, 5.74) is 9.44. The molecule has 1 unspecified atom stereocenters. The van der Waals surface area contributed by atoms with Gasteiger partial charge in [-0.3, -0.25) is 0 Å². The van der Waals surface area contributed by atoms with Gasteiger partial charge in [-0.05, 0) is 23.3 Å². The number of hydrogen-bond donors (Lipinski definition) is 2. The number of fused-ring (bicyclic) bond motifs is 1. The summed E-state index contributed by atoms with van der Waals surface area (Å²) in [5.74, 6) is 0.969. The minimum Gasteiger partial charge on any atom is -0.492 e. The highest BCUT2D eigenvalue weighted by molar-refractivity contribution is 5.43. The fraction of sp³-hybridized carbons (Fsp3) is 0.368. The highest BCUT2D eigenvalue weighted by Crippen LogP contribution is 2.41. The third kappa shape index (κ3) is 2.74. The summed E-state index contributed by atoms with van der Waals surface area (Å²) in [7, 11) is 0. The first-order valence-electron chi connectivity index (χ1n) is 7.87. The minimum absolute atomic E-state index is 0.0447. The molecule has 0 radical (unpaired) electrons. The Hall–Kier alpha value is -1.84. The number of hydrogen-bond acceptors (Lipinski definition) is 3. The van der Waals surface area contributed by atoms with E-state index < -0.39 is 0 Å². The summed E-state index contributed by atoms with van der Waals surface area (Å²) in [4.78, 5) is 0. The third-order valence-corrected chi connectivity index (χ3v) is 4.57. The maximum Gasteiger partial charge on any atom is 0.124 e. The van der Waals surface area contributed by atoms with Gasteiger partial charge in [-0.2, -0.15) is 0 Å². The number of nitrogens with one attached hydrogen (secondary N) is 1. The molecule has 2 aromatic rings. The lowest BCUT2D eigenvalue weighted by Gasteiger charge is -2.35. The van der Waals surface area contributed by atoms with Crippen LogP contribution >= 0.6 is 0 Å². The van der Waals surface area contributed by atoms with Crippen molar-refractivity contribution in [2.45, 2.75) is 31.8 Å². The van der Waals surface area contributed by atoms with E-state index in [9.17, 15) is 0 Å². The van der Waals surface area contributed by atoms with E-state index in [0.717, 1.165) is 17.9 Å². The minimum atomic E-state index is -0.0447. The fourth-order valence-electron chi connectivity index (χ4n) is 3.23. The number of nitrogens with two attached hydrogens (primary N) is 1. The zero-order valence-corrected chi connectivity index (χ0v) is 13.3. The van der Waals surface area contributed by atoms with E-state index in [1.165, 1.54) is 11.1 Å². The van der Waals surface area contributed by atoms with Crippen molar-refractivity contribution >= 4 is 0 Å². The second-order valence-electron chi connectivity index (χ2n) is 6.40. The highest BCUT2D eigenvalue weighted by atomic mass is 16.5. The van der Waals surface area contributed by atoms with Gasteiger partial charge in [0.05, 0.1) is 0 Å². The van der Waals surface area contributed by atoms with Gasteiger partial charge in [-0.25, -0.2) is 0 Å². The molecular formula is C19H24N2O. The molecule has 1 aliphatic rings. The molecule has 0 fully saturated rings. The molecule has 1 atom stereocenters. The van der Waals surface area contributed by atoms with Crippen molar-refractivity contribution < 1.29 is 4.74 Å². The SMILES string of the molecule is CC(C)(c1ccccc1)C1NCCOc2ccc(CN)cc21. The predicted molar refractivity (Wildman–Crippen MR) is 90.0 cm³/mol. The Morgan fingerprint density at radius 2 is 1.95 bits per heavy atom. The lowest BCUT2D eigenvalue weighted by molar-refractivity contribution is 0.314. The van der Waals surface area contributed by atoms with E-state index in [4.69, 9.17) is 10.5 Å². The zero-order chi connectivity index (χ0) is 15.6. The summed E-state index contributed by atoms with van der Waals surface area (Å²) in [6.07, 6.45) is 0. The van der Waals surface area contributed by atoms with E-state index >= 15 is 0 Å². The Balaban J connectivity index is 2.07. The Morgan fingerprint density at radius 3 is 2.68 bits per heavy atom. The Labute approximate surface area is 132 Å². The molecule has 1 aliphatic heterocycles. The average molecular weight is 296 g/mol.